The highest BCUT2D eigenvalue weighted by Crippen LogP contribution is 2.24. The van der Waals surface area contributed by atoms with E-state index in [9.17, 15) is 0 Å². The van der Waals surface area contributed by atoms with Crippen molar-refractivity contribution in [3.63, 3.8) is 0 Å². The maximum absolute atomic E-state index is 6.04. The lowest BCUT2D eigenvalue weighted by atomic mass is 10.0. The molecule has 2 rings (SSSR count). The molecule has 4 heteroatoms. The van der Waals surface area contributed by atoms with E-state index in [1.54, 1.807) is 11.3 Å². The molecule has 0 aliphatic carbocycles. The van der Waals surface area contributed by atoms with Crippen molar-refractivity contribution < 1.29 is 0 Å². The fraction of sp³-hybridized carbons (Fsp3) is 0.471. The van der Waals surface area contributed by atoms with Gasteiger partial charge in [-0.05, 0) is 43.9 Å². The molecule has 2 N–H and O–H groups in total. The Hall–Kier alpha value is -1.39. The highest BCUT2D eigenvalue weighted by molar-refractivity contribution is 7.09. The summed E-state index contributed by atoms with van der Waals surface area (Å²) in [5.74, 6) is 0. The summed E-state index contributed by atoms with van der Waals surface area (Å²) in [5.41, 5.74) is 13.0. The summed E-state index contributed by atoms with van der Waals surface area (Å²) in [6, 6.07) is 6.94. The lowest BCUT2D eigenvalue weighted by Crippen LogP contribution is -2.22. The van der Waals surface area contributed by atoms with Crippen molar-refractivity contribution in [2.45, 2.75) is 46.2 Å². The minimum Gasteiger partial charge on any atom is -0.369 e. The summed E-state index contributed by atoms with van der Waals surface area (Å²) in [6.45, 7) is 7.29. The Morgan fingerprint density at radius 2 is 2.10 bits per heavy atom. The summed E-state index contributed by atoms with van der Waals surface area (Å²) < 4.78 is 0. The number of nitrogens with zero attached hydrogens (tertiary/aromatic N) is 2. The number of benzene rings is 1. The Balaban J connectivity index is 2.11. The van der Waals surface area contributed by atoms with Gasteiger partial charge in [-0.15, -0.1) is 11.3 Å². The van der Waals surface area contributed by atoms with E-state index in [1.165, 1.54) is 21.7 Å². The zero-order chi connectivity index (χ0) is 15.4. The summed E-state index contributed by atoms with van der Waals surface area (Å²) >= 11 is 1.72. The van der Waals surface area contributed by atoms with Gasteiger partial charge < -0.3 is 10.6 Å². The summed E-state index contributed by atoms with van der Waals surface area (Å²) in [7, 11) is 2.14. The average molecular weight is 303 g/mol. The number of thiazole rings is 1. The maximum atomic E-state index is 6.04. The van der Waals surface area contributed by atoms with Crippen LogP contribution in [0.15, 0.2) is 23.7 Å². The second kappa shape index (κ2) is 7.05. The zero-order valence-corrected chi connectivity index (χ0v) is 14.2. The predicted molar refractivity (Wildman–Crippen MR) is 92.1 cm³/mol. The molecule has 1 aromatic heterocycles. The monoisotopic (exact) mass is 303 g/mol. The van der Waals surface area contributed by atoms with Crippen LogP contribution in [0.25, 0.3) is 0 Å². The van der Waals surface area contributed by atoms with Crippen molar-refractivity contribution in [1.29, 1.82) is 0 Å². The van der Waals surface area contributed by atoms with Gasteiger partial charge in [-0.3, -0.25) is 0 Å². The van der Waals surface area contributed by atoms with Gasteiger partial charge in [0, 0.05) is 23.7 Å². The molecule has 0 aliphatic heterocycles. The van der Waals surface area contributed by atoms with Crippen LogP contribution in [0.3, 0.4) is 0 Å². The second-order valence-corrected chi connectivity index (χ2v) is 6.65. The van der Waals surface area contributed by atoms with Crippen LogP contribution in [-0.2, 0) is 13.0 Å². The van der Waals surface area contributed by atoms with Crippen LogP contribution >= 0.6 is 11.3 Å². The molecule has 1 unspecified atom stereocenters. The third-order valence-corrected chi connectivity index (χ3v) is 4.84. The summed E-state index contributed by atoms with van der Waals surface area (Å²) in [4.78, 5) is 7.94. The van der Waals surface area contributed by atoms with Crippen molar-refractivity contribution in [2.24, 2.45) is 5.73 Å². The molecule has 1 aromatic carbocycles. The Kier molecular flexibility index (Phi) is 5.37. The SMILES string of the molecule is CCC(N)Cc1ccc(N(C)Cc2scnc2C)c(C)c1. The van der Waals surface area contributed by atoms with Gasteiger partial charge in [0.2, 0.25) is 0 Å². The number of nitrogens with two attached hydrogens (primary N) is 1. The van der Waals surface area contributed by atoms with E-state index in [4.69, 9.17) is 5.73 Å². The molecule has 0 saturated carbocycles. The van der Waals surface area contributed by atoms with Crippen LogP contribution in [0, 0.1) is 13.8 Å². The number of aromatic nitrogens is 1. The van der Waals surface area contributed by atoms with Crippen molar-refractivity contribution in [3.05, 3.63) is 45.4 Å². The van der Waals surface area contributed by atoms with Crippen LogP contribution in [0.2, 0.25) is 0 Å². The first-order valence-corrected chi connectivity index (χ1v) is 8.34. The minimum absolute atomic E-state index is 0.257. The smallest absolute Gasteiger partial charge is 0.0798 e. The number of anilines is 1. The fourth-order valence-electron chi connectivity index (χ4n) is 2.50. The van der Waals surface area contributed by atoms with E-state index in [1.807, 2.05) is 5.51 Å². The molecule has 0 amide bonds. The highest BCUT2D eigenvalue weighted by Gasteiger charge is 2.10. The van der Waals surface area contributed by atoms with Gasteiger partial charge in [-0.2, -0.15) is 0 Å². The van der Waals surface area contributed by atoms with E-state index in [0.29, 0.717) is 0 Å². The first-order chi connectivity index (χ1) is 10.0. The Bertz CT molecular complexity index is 591. The third kappa shape index (κ3) is 4.05. The average Bonchev–Trinajstić information content (AvgIpc) is 2.84. The van der Waals surface area contributed by atoms with E-state index in [2.05, 4.69) is 55.9 Å². The molecular formula is C17H25N3S. The molecule has 0 saturated heterocycles. The molecular weight excluding hydrogens is 278 g/mol. The topological polar surface area (TPSA) is 42.1 Å². The van der Waals surface area contributed by atoms with Gasteiger partial charge in [0.25, 0.3) is 0 Å². The molecule has 21 heavy (non-hydrogen) atoms. The fourth-order valence-corrected chi connectivity index (χ4v) is 3.33. The maximum Gasteiger partial charge on any atom is 0.0798 e. The molecule has 0 bridgehead atoms. The van der Waals surface area contributed by atoms with Crippen LogP contribution in [0.4, 0.5) is 5.69 Å². The van der Waals surface area contributed by atoms with E-state index >= 15 is 0 Å². The minimum atomic E-state index is 0.257. The molecule has 0 radical (unpaired) electrons. The van der Waals surface area contributed by atoms with Gasteiger partial charge in [0.1, 0.15) is 0 Å². The molecule has 2 aromatic rings. The lowest BCUT2D eigenvalue weighted by molar-refractivity contribution is 0.646. The summed E-state index contributed by atoms with van der Waals surface area (Å²) in [5, 5.41) is 0. The number of aryl methyl sites for hydroxylation is 2. The largest absolute Gasteiger partial charge is 0.369 e. The molecule has 3 nitrogen and oxygen atoms in total. The van der Waals surface area contributed by atoms with Gasteiger partial charge in [0.05, 0.1) is 17.7 Å². The van der Waals surface area contributed by atoms with Gasteiger partial charge in [-0.25, -0.2) is 4.98 Å². The van der Waals surface area contributed by atoms with Crippen LogP contribution in [0.1, 0.15) is 35.0 Å². The van der Waals surface area contributed by atoms with Crippen LogP contribution in [0.5, 0.6) is 0 Å². The highest BCUT2D eigenvalue weighted by atomic mass is 32.1. The van der Waals surface area contributed by atoms with Crippen molar-refractivity contribution >= 4 is 17.0 Å². The van der Waals surface area contributed by atoms with Crippen LogP contribution < -0.4 is 10.6 Å². The Morgan fingerprint density at radius 1 is 1.33 bits per heavy atom. The van der Waals surface area contributed by atoms with E-state index in [-0.39, 0.29) is 6.04 Å². The van der Waals surface area contributed by atoms with Gasteiger partial charge in [-0.1, -0.05) is 19.1 Å². The number of hydrogen-bond acceptors (Lipinski definition) is 4. The number of rotatable bonds is 6. The van der Waals surface area contributed by atoms with Crippen LogP contribution in [-0.4, -0.2) is 18.1 Å². The quantitative estimate of drug-likeness (QED) is 0.885. The Labute approximate surface area is 131 Å². The number of hydrogen-bond donors (Lipinski definition) is 1. The molecule has 0 spiro atoms. The zero-order valence-electron chi connectivity index (χ0n) is 13.4. The van der Waals surface area contributed by atoms with E-state index < -0.39 is 0 Å². The van der Waals surface area contributed by atoms with Gasteiger partial charge in [0.15, 0.2) is 0 Å². The molecule has 0 aliphatic rings. The normalized spacial score (nSPS) is 12.4. The third-order valence-electron chi connectivity index (χ3n) is 3.92. The second-order valence-electron chi connectivity index (χ2n) is 5.71. The van der Waals surface area contributed by atoms with Gasteiger partial charge >= 0.3 is 0 Å². The molecule has 0 fully saturated rings. The van der Waals surface area contributed by atoms with Crippen molar-refractivity contribution in [3.8, 4) is 0 Å². The van der Waals surface area contributed by atoms with Crippen molar-refractivity contribution in [1.82, 2.24) is 4.98 Å². The van der Waals surface area contributed by atoms with E-state index in [0.717, 1.165) is 25.1 Å². The summed E-state index contributed by atoms with van der Waals surface area (Å²) in [6.07, 6.45) is 1.97. The molecule has 1 atom stereocenters. The molecule has 114 valence electrons. The molecule has 1 heterocycles. The first-order valence-electron chi connectivity index (χ1n) is 7.46. The predicted octanol–water partition coefficient (Wildman–Crippen LogP) is 3.68. The van der Waals surface area contributed by atoms with Crippen molar-refractivity contribution in [2.75, 3.05) is 11.9 Å². The first kappa shape index (κ1) is 16.0. The standard InChI is InChI=1S/C17H25N3S/c1-5-15(18)9-14-6-7-16(12(2)8-14)20(4)10-17-13(3)19-11-21-17/h6-8,11,15H,5,9-10,18H2,1-4H3. The lowest BCUT2D eigenvalue weighted by Gasteiger charge is -2.22. The Morgan fingerprint density at radius 3 is 2.67 bits per heavy atom.